The Kier molecular flexibility index (Phi) is 10.1. The van der Waals surface area contributed by atoms with Gasteiger partial charge < -0.3 is 9.47 Å². The molecule has 0 saturated heterocycles. The van der Waals surface area contributed by atoms with Gasteiger partial charge in [-0.25, -0.2) is 8.42 Å². The van der Waals surface area contributed by atoms with Gasteiger partial charge in [0.15, 0.2) is 5.78 Å². The summed E-state index contributed by atoms with van der Waals surface area (Å²) >= 11 is 1.23. The van der Waals surface area contributed by atoms with Gasteiger partial charge in [-0.1, -0.05) is 46.8 Å². The van der Waals surface area contributed by atoms with Crippen molar-refractivity contribution >= 4 is 33.1 Å². The Hall–Kier alpha value is -2.23. The standard InChI is InChI=1S/C28H41NO6S2/c1-10-28(11-2,21-12-13-22(19(5)14-21)34-17-23(30)27(7,8)9)24-15-20(6)26(36-24)37(32,33)29-16-25(31)35-18(3)4/h12-15,18,29H,10-11,16-17H2,1-9H3. The molecular formula is C28H41NO6S2. The lowest BCUT2D eigenvalue weighted by molar-refractivity contribution is -0.145. The molecule has 0 unspecified atom stereocenters. The van der Waals surface area contributed by atoms with Gasteiger partial charge in [0.1, 0.15) is 23.1 Å². The van der Waals surface area contributed by atoms with Crippen LogP contribution in [0.3, 0.4) is 0 Å². The van der Waals surface area contributed by atoms with E-state index in [-0.39, 0.29) is 22.7 Å². The normalized spacial score (nSPS) is 12.6. The molecule has 206 valence electrons. The fraction of sp³-hybridized carbons (Fsp3) is 0.571. The number of carbonyl (C=O) groups is 2. The Bertz CT molecular complexity index is 1220. The maximum Gasteiger partial charge on any atom is 0.321 e. The number of carbonyl (C=O) groups excluding carboxylic acids is 2. The molecule has 0 spiro atoms. The Labute approximate surface area is 226 Å². The highest BCUT2D eigenvalue weighted by molar-refractivity contribution is 7.91. The number of ketones is 1. The van der Waals surface area contributed by atoms with Crippen LogP contribution >= 0.6 is 11.3 Å². The number of rotatable bonds is 12. The van der Waals surface area contributed by atoms with Crippen molar-refractivity contribution in [1.29, 1.82) is 0 Å². The molecule has 37 heavy (non-hydrogen) atoms. The summed E-state index contributed by atoms with van der Waals surface area (Å²) in [5, 5.41) is 0. The summed E-state index contributed by atoms with van der Waals surface area (Å²) in [6, 6.07) is 7.88. The lowest BCUT2D eigenvalue weighted by Gasteiger charge is -2.32. The van der Waals surface area contributed by atoms with Crippen LogP contribution in [0.5, 0.6) is 5.75 Å². The molecule has 0 fully saturated rings. The third kappa shape index (κ3) is 7.42. The number of esters is 1. The van der Waals surface area contributed by atoms with Crippen molar-refractivity contribution in [3.05, 3.63) is 45.8 Å². The lowest BCUT2D eigenvalue weighted by atomic mass is 9.74. The van der Waals surface area contributed by atoms with Crippen molar-refractivity contribution in [2.75, 3.05) is 13.2 Å². The Balaban J connectivity index is 2.37. The first-order valence-corrected chi connectivity index (χ1v) is 14.9. The first-order valence-electron chi connectivity index (χ1n) is 12.6. The third-order valence-corrected chi connectivity index (χ3v) is 9.97. The second kappa shape index (κ2) is 12.1. The Morgan fingerprint density at radius 3 is 2.16 bits per heavy atom. The lowest BCUT2D eigenvalue weighted by Crippen LogP contribution is -2.31. The number of thiophene rings is 1. The van der Waals surface area contributed by atoms with E-state index in [1.807, 2.05) is 45.9 Å². The topological polar surface area (TPSA) is 98.8 Å². The summed E-state index contributed by atoms with van der Waals surface area (Å²) < 4.78 is 39.5. The van der Waals surface area contributed by atoms with Crippen molar-refractivity contribution in [2.45, 2.75) is 90.9 Å². The SMILES string of the molecule is CCC(CC)(c1ccc(OCC(=O)C(C)(C)C)c(C)c1)c1cc(C)c(S(=O)(=O)NCC(=O)OC(C)C)s1. The van der Waals surface area contributed by atoms with Crippen LogP contribution in [0.2, 0.25) is 0 Å². The largest absolute Gasteiger partial charge is 0.486 e. The zero-order chi connectivity index (χ0) is 28.2. The maximum atomic E-state index is 13.0. The summed E-state index contributed by atoms with van der Waals surface area (Å²) in [6.07, 6.45) is 1.21. The highest BCUT2D eigenvalue weighted by atomic mass is 32.2. The van der Waals surface area contributed by atoms with Gasteiger partial charge in [-0.3, -0.25) is 9.59 Å². The number of nitrogens with one attached hydrogen (secondary N) is 1. The molecule has 1 heterocycles. The molecule has 9 heteroatoms. The molecule has 0 amide bonds. The molecule has 0 atom stereocenters. The Morgan fingerprint density at radius 1 is 1.03 bits per heavy atom. The fourth-order valence-corrected chi connectivity index (χ4v) is 7.17. The molecule has 0 bridgehead atoms. The highest BCUT2D eigenvalue weighted by Crippen LogP contribution is 2.45. The molecule has 7 nitrogen and oxygen atoms in total. The number of benzene rings is 1. The minimum absolute atomic E-state index is 0.0133. The zero-order valence-electron chi connectivity index (χ0n) is 23.5. The minimum Gasteiger partial charge on any atom is -0.486 e. The molecule has 1 aromatic carbocycles. The van der Waals surface area contributed by atoms with E-state index in [0.29, 0.717) is 11.3 Å². The summed E-state index contributed by atoms with van der Waals surface area (Å²) in [4.78, 5) is 25.1. The molecular weight excluding hydrogens is 510 g/mol. The summed E-state index contributed by atoms with van der Waals surface area (Å²) in [7, 11) is -3.89. The number of ether oxygens (including phenoxy) is 2. The molecule has 0 aliphatic rings. The van der Waals surface area contributed by atoms with E-state index >= 15 is 0 Å². The molecule has 0 saturated carbocycles. The first-order chi connectivity index (χ1) is 17.1. The van der Waals surface area contributed by atoms with Gasteiger partial charge in [0.2, 0.25) is 0 Å². The van der Waals surface area contributed by atoms with Crippen LogP contribution in [0, 0.1) is 19.3 Å². The van der Waals surface area contributed by atoms with Crippen LogP contribution in [0.1, 0.15) is 82.9 Å². The number of sulfonamides is 1. The fourth-order valence-electron chi connectivity index (χ4n) is 4.11. The summed E-state index contributed by atoms with van der Waals surface area (Å²) in [6.45, 7) is 16.5. The van der Waals surface area contributed by atoms with Crippen LogP contribution < -0.4 is 9.46 Å². The second-order valence-electron chi connectivity index (χ2n) is 10.7. The van der Waals surface area contributed by atoms with E-state index in [9.17, 15) is 18.0 Å². The molecule has 1 aromatic heterocycles. The minimum atomic E-state index is -3.89. The van der Waals surface area contributed by atoms with Crippen molar-refractivity contribution in [1.82, 2.24) is 4.72 Å². The summed E-state index contributed by atoms with van der Waals surface area (Å²) in [5.41, 5.74) is 1.74. The zero-order valence-corrected chi connectivity index (χ0v) is 25.1. The number of aryl methyl sites for hydroxylation is 2. The average Bonchev–Trinajstić information content (AvgIpc) is 3.20. The maximum absolute atomic E-state index is 13.0. The van der Waals surface area contributed by atoms with Crippen LogP contribution in [0.15, 0.2) is 28.5 Å². The number of hydrogen-bond acceptors (Lipinski definition) is 7. The smallest absolute Gasteiger partial charge is 0.321 e. The van der Waals surface area contributed by atoms with Crippen molar-refractivity contribution in [2.24, 2.45) is 5.41 Å². The van der Waals surface area contributed by atoms with E-state index in [1.54, 1.807) is 20.8 Å². The van der Waals surface area contributed by atoms with E-state index < -0.39 is 33.4 Å². The molecule has 1 N–H and O–H groups in total. The predicted molar refractivity (Wildman–Crippen MR) is 148 cm³/mol. The first kappa shape index (κ1) is 31.0. The monoisotopic (exact) mass is 551 g/mol. The van der Waals surface area contributed by atoms with E-state index in [2.05, 4.69) is 24.6 Å². The van der Waals surface area contributed by atoms with Gasteiger partial charge in [-0.05, 0) is 69.4 Å². The van der Waals surface area contributed by atoms with Crippen molar-refractivity contribution in [3.63, 3.8) is 0 Å². The third-order valence-electron chi connectivity index (χ3n) is 6.49. The van der Waals surface area contributed by atoms with Crippen molar-refractivity contribution < 1.29 is 27.5 Å². The number of Topliss-reactive ketones (excluding diaryl/α,β-unsaturated/α-hetero) is 1. The predicted octanol–water partition coefficient (Wildman–Crippen LogP) is 5.69. The van der Waals surface area contributed by atoms with Crippen LogP contribution in [0.4, 0.5) is 0 Å². The van der Waals surface area contributed by atoms with Gasteiger partial charge in [-0.15, -0.1) is 11.3 Å². The van der Waals surface area contributed by atoms with Gasteiger partial charge in [0.25, 0.3) is 10.0 Å². The van der Waals surface area contributed by atoms with Gasteiger partial charge in [-0.2, -0.15) is 4.72 Å². The highest BCUT2D eigenvalue weighted by Gasteiger charge is 2.35. The molecule has 0 radical (unpaired) electrons. The second-order valence-corrected chi connectivity index (χ2v) is 13.7. The molecule has 2 aromatic rings. The van der Waals surface area contributed by atoms with Crippen LogP contribution in [0.25, 0.3) is 0 Å². The van der Waals surface area contributed by atoms with Gasteiger partial charge >= 0.3 is 5.97 Å². The Morgan fingerprint density at radius 2 is 1.65 bits per heavy atom. The summed E-state index contributed by atoms with van der Waals surface area (Å²) in [5.74, 6) is 0.0679. The molecule has 0 aliphatic carbocycles. The van der Waals surface area contributed by atoms with Gasteiger partial charge in [0, 0.05) is 15.7 Å². The van der Waals surface area contributed by atoms with Crippen molar-refractivity contribution in [3.8, 4) is 5.75 Å². The van der Waals surface area contributed by atoms with E-state index in [0.717, 1.165) is 28.8 Å². The molecule has 2 rings (SSSR count). The van der Waals surface area contributed by atoms with Gasteiger partial charge in [0.05, 0.1) is 6.10 Å². The van der Waals surface area contributed by atoms with Crippen LogP contribution in [-0.2, 0) is 29.8 Å². The number of hydrogen-bond donors (Lipinski definition) is 1. The van der Waals surface area contributed by atoms with E-state index in [1.165, 1.54) is 11.3 Å². The quantitative estimate of drug-likeness (QED) is 0.340. The average molecular weight is 552 g/mol. The van der Waals surface area contributed by atoms with Crippen LogP contribution in [-0.4, -0.2) is 39.4 Å². The molecule has 0 aliphatic heterocycles. The van der Waals surface area contributed by atoms with E-state index in [4.69, 9.17) is 9.47 Å².